The van der Waals surface area contributed by atoms with E-state index in [1.54, 1.807) is 12.1 Å². The molecule has 3 unspecified atom stereocenters. The fraction of sp³-hybridized carbons (Fsp3) is 0.258. The summed E-state index contributed by atoms with van der Waals surface area (Å²) in [4.78, 5) is 17.7. The summed E-state index contributed by atoms with van der Waals surface area (Å²) in [6.07, 6.45) is -4.04. The van der Waals surface area contributed by atoms with Crippen LogP contribution in [0.15, 0.2) is 61.3 Å². The zero-order valence-corrected chi connectivity index (χ0v) is 23.1. The van der Waals surface area contributed by atoms with Crippen LogP contribution in [-0.2, 0) is 29.9 Å². The lowest BCUT2D eigenvalue weighted by Crippen LogP contribution is -2.35. The van der Waals surface area contributed by atoms with Gasteiger partial charge in [-0.1, -0.05) is 18.7 Å². The van der Waals surface area contributed by atoms with Gasteiger partial charge in [0.1, 0.15) is 29.7 Å². The first-order chi connectivity index (χ1) is 21.1. The van der Waals surface area contributed by atoms with Gasteiger partial charge in [-0.2, -0.15) is 27.1 Å². The lowest BCUT2D eigenvalue weighted by molar-refractivity contribution is -0.142. The van der Waals surface area contributed by atoms with E-state index < -0.39 is 76.8 Å². The van der Waals surface area contributed by atoms with Gasteiger partial charge in [0.05, 0.1) is 11.7 Å². The molecule has 0 bridgehead atoms. The number of fused-ring (bicyclic) bond motifs is 3. The molecule has 6 rings (SSSR count). The Bertz CT molecular complexity index is 1830. The van der Waals surface area contributed by atoms with Crippen molar-refractivity contribution in [2.24, 2.45) is 11.7 Å². The zero-order valence-electron chi connectivity index (χ0n) is 23.1. The van der Waals surface area contributed by atoms with Gasteiger partial charge in [0, 0.05) is 40.6 Å². The number of rotatable bonds is 8. The molecule has 2 aromatic heterocycles. The van der Waals surface area contributed by atoms with Gasteiger partial charge >= 0.3 is 6.18 Å². The van der Waals surface area contributed by atoms with Crippen LogP contribution in [-0.4, -0.2) is 20.7 Å². The largest absolute Gasteiger partial charge is 0.435 e. The molecular weight excluding hydrogens is 610 g/mol. The summed E-state index contributed by atoms with van der Waals surface area (Å²) in [7, 11) is 0. The average Bonchev–Trinajstić information content (AvgIpc) is 3.60. The molecule has 0 spiro atoms. The molecule has 0 saturated heterocycles. The Kier molecular flexibility index (Phi) is 7.20. The summed E-state index contributed by atoms with van der Waals surface area (Å²) in [5.41, 5.74) is 3.56. The highest BCUT2D eigenvalue weighted by molar-refractivity contribution is 5.78. The topological polar surface area (TPSA) is 85.8 Å². The quantitative estimate of drug-likeness (QED) is 0.214. The number of alkyl halides is 5. The molecule has 2 heterocycles. The lowest BCUT2D eigenvalue weighted by atomic mass is 9.94. The van der Waals surface area contributed by atoms with Crippen molar-refractivity contribution in [1.29, 1.82) is 0 Å². The molecule has 45 heavy (non-hydrogen) atoms. The Balaban J connectivity index is 1.38. The van der Waals surface area contributed by atoms with Gasteiger partial charge in [-0.15, -0.1) is 0 Å². The molecule has 3 N–H and O–H groups in total. The fourth-order valence-electron chi connectivity index (χ4n) is 6.03. The summed E-state index contributed by atoms with van der Waals surface area (Å²) in [6.45, 7) is 2.55. The second kappa shape index (κ2) is 10.7. The maximum Gasteiger partial charge on any atom is 0.435 e. The van der Waals surface area contributed by atoms with Crippen LogP contribution in [0.5, 0.6) is 0 Å². The van der Waals surface area contributed by atoms with E-state index in [4.69, 9.17) is 5.73 Å². The van der Waals surface area contributed by atoms with Gasteiger partial charge in [0.15, 0.2) is 5.69 Å². The van der Waals surface area contributed by atoms with Crippen molar-refractivity contribution in [2.75, 3.05) is 0 Å². The molecule has 1 saturated carbocycles. The van der Waals surface area contributed by atoms with Gasteiger partial charge in [-0.25, -0.2) is 13.2 Å². The predicted octanol–water partition coefficient (Wildman–Crippen LogP) is 6.62. The van der Waals surface area contributed by atoms with E-state index in [0.717, 1.165) is 18.2 Å². The predicted molar refractivity (Wildman–Crippen MR) is 146 cm³/mol. The third-order valence-electron chi connectivity index (χ3n) is 7.98. The molecule has 2 aromatic carbocycles. The Morgan fingerprint density at radius 3 is 2.49 bits per heavy atom. The van der Waals surface area contributed by atoms with Crippen molar-refractivity contribution in [1.82, 2.24) is 20.1 Å². The molecule has 14 heteroatoms. The number of hydrogen-bond donors (Lipinski definition) is 2. The summed E-state index contributed by atoms with van der Waals surface area (Å²) < 4.78 is 114. The van der Waals surface area contributed by atoms with Crippen LogP contribution in [0.2, 0.25) is 0 Å². The van der Waals surface area contributed by atoms with Gasteiger partial charge < -0.3 is 11.1 Å². The van der Waals surface area contributed by atoms with E-state index in [2.05, 4.69) is 22.0 Å². The Morgan fingerprint density at radius 2 is 1.82 bits per heavy atom. The number of amides is 1. The molecule has 2 aliphatic rings. The Morgan fingerprint density at radius 1 is 1.11 bits per heavy atom. The molecule has 0 aliphatic heterocycles. The molecule has 6 nitrogen and oxygen atoms in total. The number of nitrogens with two attached hydrogens (primary N) is 1. The Labute approximate surface area is 250 Å². The maximum atomic E-state index is 15.1. The highest BCUT2D eigenvalue weighted by Gasteiger charge is 2.68. The van der Waals surface area contributed by atoms with Crippen LogP contribution in [0, 0.1) is 23.4 Å². The van der Waals surface area contributed by atoms with Crippen molar-refractivity contribution in [2.45, 2.75) is 43.4 Å². The van der Waals surface area contributed by atoms with E-state index >= 15 is 8.78 Å². The van der Waals surface area contributed by atoms with E-state index in [0.29, 0.717) is 21.9 Å². The van der Waals surface area contributed by atoms with Crippen LogP contribution < -0.4 is 11.1 Å². The SMILES string of the molecule is C=C(N)c1cc(-c2cccnc2C(Cc2cc(F)cc(F)c2)NC(=O)Cn2nc(C(F)(F)F)c3c2C(F)(F)C2CC32)ccc1F. The minimum absolute atomic E-state index is 0.0120. The number of halogens is 8. The number of aromatic nitrogens is 3. The van der Waals surface area contributed by atoms with E-state index in [1.807, 2.05) is 0 Å². The van der Waals surface area contributed by atoms with Crippen molar-refractivity contribution in [3.63, 3.8) is 0 Å². The summed E-state index contributed by atoms with van der Waals surface area (Å²) >= 11 is 0. The molecule has 4 aromatic rings. The summed E-state index contributed by atoms with van der Waals surface area (Å²) in [6, 6.07) is 8.53. The van der Waals surface area contributed by atoms with Gasteiger partial charge in [0.2, 0.25) is 5.91 Å². The third-order valence-corrected chi connectivity index (χ3v) is 7.98. The van der Waals surface area contributed by atoms with Crippen LogP contribution >= 0.6 is 0 Å². The van der Waals surface area contributed by atoms with Crippen molar-refractivity contribution >= 4 is 11.6 Å². The standard InChI is InChI=1S/C31H23F8N5O/c1-14(40)20-10-16(4-5-23(20)34)19-3-2-6-41-27(19)24(9-15-7-17(32)11-18(33)8-15)42-25(45)13-44-29-26(28(43-44)31(37,38)39)21-12-22(21)30(29,35)36/h2-8,10-11,21-22,24H,1,9,12-13,40H2,(H,42,45). The van der Waals surface area contributed by atoms with Gasteiger partial charge in [-0.05, 0) is 60.2 Å². The number of hydrogen-bond acceptors (Lipinski definition) is 4. The zero-order chi connectivity index (χ0) is 32.4. The van der Waals surface area contributed by atoms with Gasteiger partial charge in [-0.3, -0.25) is 14.5 Å². The maximum absolute atomic E-state index is 15.1. The minimum Gasteiger partial charge on any atom is -0.399 e. The number of carbonyl (C=O) groups excluding carboxylic acids is 1. The number of nitrogens with zero attached hydrogens (tertiary/aromatic N) is 3. The normalized spacial score (nSPS) is 18.7. The van der Waals surface area contributed by atoms with Crippen molar-refractivity contribution < 1.29 is 39.9 Å². The second-order valence-electron chi connectivity index (χ2n) is 11.1. The molecule has 3 atom stereocenters. The highest BCUT2D eigenvalue weighted by Crippen LogP contribution is 2.68. The monoisotopic (exact) mass is 633 g/mol. The lowest BCUT2D eigenvalue weighted by Gasteiger charge is -2.22. The van der Waals surface area contributed by atoms with E-state index in [1.165, 1.54) is 18.3 Å². The molecule has 1 fully saturated rings. The summed E-state index contributed by atoms with van der Waals surface area (Å²) in [5, 5.41) is 5.95. The molecule has 234 valence electrons. The van der Waals surface area contributed by atoms with E-state index in [-0.39, 0.29) is 35.4 Å². The Hall–Kier alpha value is -4.75. The summed E-state index contributed by atoms with van der Waals surface area (Å²) in [5.74, 6) is -9.40. The number of carbonyl (C=O) groups is 1. The smallest absolute Gasteiger partial charge is 0.399 e. The van der Waals surface area contributed by atoms with Crippen molar-refractivity contribution in [3.05, 3.63) is 113 Å². The first-order valence-electron chi connectivity index (χ1n) is 13.6. The first kappa shape index (κ1) is 30.3. The molecular formula is C31H23F8N5O. The molecule has 2 aliphatic carbocycles. The highest BCUT2D eigenvalue weighted by atomic mass is 19.4. The number of pyridine rings is 1. The number of benzene rings is 2. The number of nitrogens with one attached hydrogen (secondary N) is 1. The second-order valence-corrected chi connectivity index (χ2v) is 11.1. The first-order valence-corrected chi connectivity index (χ1v) is 13.6. The van der Waals surface area contributed by atoms with E-state index in [9.17, 15) is 31.1 Å². The third kappa shape index (κ3) is 5.53. The van der Waals surface area contributed by atoms with Crippen LogP contribution in [0.25, 0.3) is 16.8 Å². The van der Waals surface area contributed by atoms with Gasteiger partial charge in [0.25, 0.3) is 5.92 Å². The van der Waals surface area contributed by atoms with Crippen LogP contribution in [0.3, 0.4) is 0 Å². The fourth-order valence-corrected chi connectivity index (χ4v) is 6.03. The molecule has 1 amide bonds. The minimum atomic E-state index is -5.02. The van der Waals surface area contributed by atoms with Crippen molar-refractivity contribution in [3.8, 4) is 11.1 Å². The van der Waals surface area contributed by atoms with Crippen LogP contribution in [0.4, 0.5) is 35.1 Å². The molecule has 0 radical (unpaired) electrons. The van der Waals surface area contributed by atoms with Crippen LogP contribution in [0.1, 0.15) is 52.2 Å². The average molecular weight is 634 g/mol.